The molecule has 0 saturated carbocycles. The second-order valence-electron chi connectivity index (χ2n) is 4.92. The third kappa shape index (κ3) is 3.48. The summed E-state index contributed by atoms with van der Waals surface area (Å²) in [5.74, 6) is 0.219. The Balaban J connectivity index is 2.45. The standard InChI is InChI=1S/C14H16BrNO2S/c1-10(2)9-19(17,18)16-14-8-7-13(15)11-5-3-4-6-12(11)14/h3-8,10,16H,9H2,1-2H3. The molecule has 3 nitrogen and oxygen atoms in total. The number of halogens is 1. The Kier molecular flexibility index (Phi) is 4.16. The summed E-state index contributed by atoms with van der Waals surface area (Å²) in [7, 11) is -3.30. The lowest BCUT2D eigenvalue weighted by atomic mass is 10.1. The zero-order chi connectivity index (χ0) is 14.0. The molecule has 0 heterocycles. The maximum atomic E-state index is 12.0. The summed E-state index contributed by atoms with van der Waals surface area (Å²) in [6.45, 7) is 3.78. The van der Waals surface area contributed by atoms with Gasteiger partial charge in [0.15, 0.2) is 0 Å². The molecule has 0 atom stereocenters. The van der Waals surface area contributed by atoms with Gasteiger partial charge in [-0.1, -0.05) is 54.0 Å². The van der Waals surface area contributed by atoms with E-state index < -0.39 is 10.0 Å². The Morgan fingerprint density at radius 3 is 2.37 bits per heavy atom. The average Bonchev–Trinajstić information content (AvgIpc) is 2.31. The molecule has 0 aromatic heterocycles. The van der Waals surface area contributed by atoms with E-state index in [0.717, 1.165) is 15.2 Å². The van der Waals surface area contributed by atoms with Crippen molar-refractivity contribution in [2.75, 3.05) is 10.5 Å². The lowest BCUT2D eigenvalue weighted by Gasteiger charge is -2.12. The summed E-state index contributed by atoms with van der Waals surface area (Å²) in [6.07, 6.45) is 0. The molecular formula is C14H16BrNO2S. The Morgan fingerprint density at radius 2 is 1.74 bits per heavy atom. The highest BCUT2D eigenvalue weighted by Crippen LogP contribution is 2.30. The predicted octanol–water partition coefficient (Wildman–Crippen LogP) is 4.00. The van der Waals surface area contributed by atoms with Gasteiger partial charge in [0.1, 0.15) is 0 Å². The van der Waals surface area contributed by atoms with Gasteiger partial charge in [-0.05, 0) is 23.4 Å². The van der Waals surface area contributed by atoms with Crippen molar-refractivity contribution >= 4 is 42.4 Å². The number of fused-ring (bicyclic) bond motifs is 1. The number of sulfonamides is 1. The molecule has 0 radical (unpaired) electrons. The van der Waals surface area contributed by atoms with E-state index in [1.54, 1.807) is 6.07 Å². The van der Waals surface area contributed by atoms with Crippen molar-refractivity contribution in [2.24, 2.45) is 5.92 Å². The molecule has 0 unspecified atom stereocenters. The molecule has 0 amide bonds. The van der Waals surface area contributed by atoms with Crippen LogP contribution in [0.5, 0.6) is 0 Å². The maximum absolute atomic E-state index is 12.0. The van der Waals surface area contributed by atoms with Crippen LogP contribution in [0.4, 0.5) is 5.69 Å². The molecular weight excluding hydrogens is 326 g/mol. The van der Waals surface area contributed by atoms with Crippen LogP contribution >= 0.6 is 15.9 Å². The summed E-state index contributed by atoms with van der Waals surface area (Å²) in [4.78, 5) is 0. The average molecular weight is 342 g/mol. The van der Waals surface area contributed by atoms with E-state index in [9.17, 15) is 8.42 Å². The predicted molar refractivity (Wildman–Crippen MR) is 83.9 cm³/mol. The van der Waals surface area contributed by atoms with E-state index in [1.165, 1.54) is 0 Å². The molecule has 5 heteroatoms. The van der Waals surface area contributed by atoms with Crippen molar-refractivity contribution in [3.05, 3.63) is 40.9 Å². The van der Waals surface area contributed by atoms with Crippen LogP contribution in [-0.4, -0.2) is 14.2 Å². The molecule has 102 valence electrons. The molecule has 0 fully saturated rings. The van der Waals surface area contributed by atoms with E-state index in [0.29, 0.717) is 5.69 Å². The highest BCUT2D eigenvalue weighted by atomic mass is 79.9. The molecule has 0 aliphatic carbocycles. The molecule has 0 aliphatic rings. The highest BCUT2D eigenvalue weighted by Gasteiger charge is 2.14. The molecule has 2 aromatic carbocycles. The van der Waals surface area contributed by atoms with Crippen molar-refractivity contribution in [3.8, 4) is 0 Å². The molecule has 19 heavy (non-hydrogen) atoms. The highest BCUT2D eigenvalue weighted by molar-refractivity contribution is 9.10. The molecule has 0 aliphatic heterocycles. The number of anilines is 1. The van der Waals surface area contributed by atoms with Crippen molar-refractivity contribution in [1.82, 2.24) is 0 Å². The second-order valence-corrected chi connectivity index (χ2v) is 7.54. The lowest BCUT2D eigenvalue weighted by Crippen LogP contribution is -2.20. The van der Waals surface area contributed by atoms with E-state index in [-0.39, 0.29) is 11.7 Å². The number of rotatable bonds is 4. The topological polar surface area (TPSA) is 46.2 Å². The van der Waals surface area contributed by atoms with Crippen LogP contribution in [0, 0.1) is 5.92 Å². The van der Waals surface area contributed by atoms with Gasteiger partial charge in [0.05, 0.1) is 11.4 Å². The summed E-state index contributed by atoms with van der Waals surface area (Å²) < 4.78 is 27.7. The third-order valence-corrected chi connectivity index (χ3v) is 5.02. The zero-order valence-corrected chi connectivity index (χ0v) is 13.3. The molecule has 2 aromatic rings. The largest absolute Gasteiger partial charge is 0.283 e. The van der Waals surface area contributed by atoms with Gasteiger partial charge in [0, 0.05) is 9.86 Å². The smallest absolute Gasteiger partial charge is 0.232 e. The van der Waals surface area contributed by atoms with Gasteiger partial charge in [0.2, 0.25) is 10.0 Å². The molecule has 0 saturated heterocycles. The maximum Gasteiger partial charge on any atom is 0.232 e. The monoisotopic (exact) mass is 341 g/mol. The van der Waals surface area contributed by atoms with E-state index in [1.807, 2.05) is 44.2 Å². The fourth-order valence-corrected chi connectivity index (χ4v) is 3.95. The Bertz CT molecular complexity index is 696. The van der Waals surface area contributed by atoms with E-state index >= 15 is 0 Å². The zero-order valence-electron chi connectivity index (χ0n) is 10.9. The van der Waals surface area contributed by atoms with Gasteiger partial charge in [-0.25, -0.2) is 8.42 Å². The van der Waals surface area contributed by atoms with Gasteiger partial charge in [0.25, 0.3) is 0 Å². The van der Waals surface area contributed by atoms with Gasteiger partial charge in [-0.2, -0.15) is 0 Å². The first-order chi connectivity index (χ1) is 8.89. The first kappa shape index (κ1) is 14.3. The SMILES string of the molecule is CC(C)CS(=O)(=O)Nc1ccc(Br)c2ccccc12. The van der Waals surface area contributed by atoms with Gasteiger partial charge >= 0.3 is 0 Å². The third-order valence-electron chi connectivity index (χ3n) is 2.69. The number of hydrogen-bond donors (Lipinski definition) is 1. The Morgan fingerprint density at radius 1 is 1.11 bits per heavy atom. The first-order valence-corrected chi connectivity index (χ1v) is 8.51. The van der Waals surface area contributed by atoms with Crippen molar-refractivity contribution in [1.29, 1.82) is 0 Å². The minimum atomic E-state index is -3.30. The summed E-state index contributed by atoms with van der Waals surface area (Å²) >= 11 is 3.47. The van der Waals surface area contributed by atoms with Crippen molar-refractivity contribution in [2.45, 2.75) is 13.8 Å². The van der Waals surface area contributed by atoms with Crippen molar-refractivity contribution in [3.63, 3.8) is 0 Å². The van der Waals surface area contributed by atoms with Crippen LogP contribution in [0.3, 0.4) is 0 Å². The minimum Gasteiger partial charge on any atom is -0.283 e. The van der Waals surface area contributed by atoms with Crippen molar-refractivity contribution < 1.29 is 8.42 Å². The number of nitrogens with one attached hydrogen (secondary N) is 1. The lowest BCUT2D eigenvalue weighted by molar-refractivity contribution is 0.587. The fraction of sp³-hybridized carbons (Fsp3) is 0.286. The molecule has 2 rings (SSSR count). The Hall–Kier alpha value is -1.07. The fourth-order valence-electron chi connectivity index (χ4n) is 2.00. The molecule has 1 N–H and O–H groups in total. The van der Waals surface area contributed by atoms with Crippen LogP contribution in [0.1, 0.15) is 13.8 Å². The number of benzene rings is 2. The normalized spacial score (nSPS) is 12.0. The van der Waals surface area contributed by atoms with Crippen LogP contribution in [0.15, 0.2) is 40.9 Å². The summed E-state index contributed by atoms with van der Waals surface area (Å²) in [5.41, 5.74) is 0.624. The Labute approximate surface area is 122 Å². The van der Waals surface area contributed by atoms with Gasteiger partial charge in [-0.15, -0.1) is 0 Å². The van der Waals surface area contributed by atoms with Crippen LogP contribution in [-0.2, 0) is 10.0 Å². The number of hydrogen-bond acceptors (Lipinski definition) is 2. The van der Waals surface area contributed by atoms with Crippen LogP contribution in [0.25, 0.3) is 10.8 Å². The van der Waals surface area contributed by atoms with Crippen LogP contribution in [0.2, 0.25) is 0 Å². The second kappa shape index (κ2) is 5.51. The quantitative estimate of drug-likeness (QED) is 0.913. The van der Waals surface area contributed by atoms with E-state index in [2.05, 4.69) is 20.7 Å². The summed E-state index contributed by atoms with van der Waals surface area (Å²) in [6, 6.07) is 11.3. The van der Waals surface area contributed by atoms with E-state index in [4.69, 9.17) is 0 Å². The summed E-state index contributed by atoms with van der Waals surface area (Å²) in [5, 5.41) is 1.89. The first-order valence-electron chi connectivity index (χ1n) is 6.07. The molecule has 0 spiro atoms. The minimum absolute atomic E-state index is 0.0965. The molecule has 0 bridgehead atoms. The van der Waals surface area contributed by atoms with Crippen LogP contribution < -0.4 is 4.72 Å². The van der Waals surface area contributed by atoms with Gasteiger partial charge in [-0.3, -0.25) is 4.72 Å². The van der Waals surface area contributed by atoms with Gasteiger partial charge < -0.3 is 0 Å².